The van der Waals surface area contributed by atoms with Crippen LogP contribution in [0.3, 0.4) is 0 Å². The van der Waals surface area contributed by atoms with Crippen molar-refractivity contribution >= 4 is 5.91 Å². The molecule has 2 aromatic heterocycles. The van der Waals surface area contributed by atoms with Gasteiger partial charge in [-0.25, -0.2) is 9.37 Å². The Balaban J connectivity index is 0.00000103. The molecule has 0 saturated carbocycles. The number of aromatic hydroxyl groups is 1. The number of aromatic nitrogens is 4. The molecule has 3 heterocycles. The Kier molecular flexibility index (Phi) is 10.1. The van der Waals surface area contributed by atoms with Crippen LogP contribution in [0.5, 0.6) is 5.75 Å². The molecule has 4 rings (SSSR count). The number of carbonyl (C=O) groups excluding carboxylic acids is 1. The van der Waals surface area contributed by atoms with E-state index in [9.17, 15) is 19.1 Å². The molecule has 35 heavy (non-hydrogen) atoms. The summed E-state index contributed by atoms with van der Waals surface area (Å²) in [6, 6.07) is 7.34. The smallest absolute Gasteiger partial charge is 0.296 e. The van der Waals surface area contributed by atoms with Gasteiger partial charge in [0.2, 0.25) is 5.75 Å². The van der Waals surface area contributed by atoms with Gasteiger partial charge in [-0.05, 0) is 30.7 Å². The summed E-state index contributed by atoms with van der Waals surface area (Å²) in [5, 5.41) is 17.3. The highest BCUT2D eigenvalue weighted by molar-refractivity contribution is 5.94. The molecule has 0 aliphatic carbocycles. The van der Waals surface area contributed by atoms with Crippen molar-refractivity contribution in [2.75, 3.05) is 6.54 Å². The van der Waals surface area contributed by atoms with Crippen LogP contribution in [0.4, 0.5) is 4.39 Å². The highest BCUT2D eigenvalue weighted by Gasteiger charge is 2.30. The fourth-order valence-corrected chi connectivity index (χ4v) is 3.68. The van der Waals surface area contributed by atoms with Crippen molar-refractivity contribution in [3.8, 4) is 5.75 Å². The van der Waals surface area contributed by atoms with Crippen LogP contribution in [0, 0.1) is 5.82 Å². The van der Waals surface area contributed by atoms with Crippen molar-refractivity contribution in [3.05, 3.63) is 75.5 Å². The van der Waals surface area contributed by atoms with Gasteiger partial charge in [-0.15, -0.1) is 0 Å². The number of carbonyl (C=O) groups is 1. The van der Waals surface area contributed by atoms with Crippen molar-refractivity contribution in [1.82, 2.24) is 29.5 Å². The summed E-state index contributed by atoms with van der Waals surface area (Å²) >= 11 is 0. The minimum absolute atomic E-state index is 0.111. The van der Waals surface area contributed by atoms with E-state index < -0.39 is 17.2 Å². The molecule has 1 amide bonds. The second-order valence-electron chi connectivity index (χ2n) is 7.56. The molecule has 1 aliphatic heterocycles. The van der Waals surface area contributed by atoms with Gasteiger partial charge in [-0.1, -0.05) is 39.8 Å². The number of hydrogen-bond donors (Lipinski definition) is 2. The summed E-state index contributed by atoms with van der Waals surface area (Å²) in [6.07, 6.45) is 1.86. The van der Waals surface area contributed by atoms with Crippen LogP contribution < -0.4 is 10.9 Å². The van der Waals surface area contributed by atoms with Crippen LogP contribution in [-0.2, 0) is 26.7 Å². The Labute approximate surface area is 205 Å². The first-order valence-electron chi connectivity index (χ1n) is 11.9. The number of benzene rings is 1. The van der Waals surface area contributed by atoms with E-state index in [1.54, 1.807) is 16.8 Å². The molecule has 1 aliphatic rings. The van der Waals surface area contributed by atoms with Gasteiger partial charge in [0.05, 0.1) is 11.7 Å². The quantitative estimate of drug-likeness (QED) is 0.573. The average Bonchev–Trinajstić information content (AvgIpc) is 3.29. The number of halogens is 1. The molecule has 3 aromatic rings. The molecule has 1 atom stereocenters. The van der Waals surface area contributed by atoms with E-state index in [1.807, 2.05) is 53.9 Å². The van der Waals surface area contributed by atoms with Crippen LogP contribution in [0.2, 0.25) is 0 Å². The lowest BCUT2D eigenvalue weighted by Gasteiger charge is -2.34. The molecule has 0 bridgehead atoms. The summed E-state index contributed by atoms with van der Waals surface area (Å²) in [5.41, 5.74) is 0.617. The van der Waals surface area contributed by atoms with Gasteiger partial charge in [0, 0.05) is 39.4 Å². The number of nitrogens with zero attached hydrogens (tertiary/aromatic N) is 5. The van der Waals surface area contributed by atoms with Crippen molar-refractivity contribution in [2.45, 2.75) is 60.3 Å². The molecule has 1 unspecified atom stereocenters. The maximum atomic E-state index is 13.0. The van der Waals surface area contributed by atoms with Gasteiger partial charge in [-0.2, -0.15) is 5.10 Å². The lowest BCUT2D eigenvalue weighted by atomic mass is 10.1. The molecule has 190 valence electrons. The first-order chi connectivity index (χ1) is 16.8. The highest BCUT2D eigenvalue weighted by atomic mass is 19.1. The van der Waals surface area contributed by atoms with E-state index in [0.717, 1.165) is 5.69 Å². The van der Waals surface area contributed by atoms with E-state index in [-0.39, 0.29) is 24.1 Å². The van der Waals surface area contributed by atoms with Gasteiger partial charge < -0.3 is 10.4 Å². The second-order valence-corrected chi connectivity index (χ2v) is 7.56. The van der Waals surface area contributed by atoms with E-state index in [2.05, 4.69) is 20.3 Å². The molecule has 1 aromatic carbocycles. The Morgan fingerprint density at radius 2 is 1.80 bits per heavy atom. The van der Waals surface area contributed by atoms with Crippen LogP contribution in [0.15, 0.2) is 41.3 Å². The van der Waals surface area contributed by atoms with E-state index >= 15 is 0 Å². The first kappa shape index (κ1) is 27.7. The summed E-state index contributed by atoms with van der Waals surface area (Å²) in [5.74, 6) is -1.31. The Bertz CT molecular complexity index is 1170. The summed E-state index contributed by atoms with van der Waals surface area (Å²) in [7, 11) is 1.85. The van der Waals surface area contributed by atoms with Crippen molar-refractivity contribution in [1.29, 1.82) is 0 Å². The Morgan fingerprint density at radius 1 is 1.14 bits per heavy atom. The molecular weight excluding hydrogens is 451 g/mol. The Hall–Kier alpha value is -3.53. The highest BCUT2D eigenvalue weighted by Crippen LogP contribution is 2.25. The zero-order valence-electron chi connectivity index (χ0n) is 21.2. The minimum atomic E-state index is -0.675. The van der Waals surface area contributed by atoms with Gasteiger partial charge in [0.1, 0.15) is 11.6 Å². The SMILES string of the molecule is CC.CC.CC1c2nc(C(=O)NCc3ccc(F)cc3)c(O)c(=O)n2CCN1Cc1ccn(C)n1. The van der Waals surface area contributed by atoms with Gasteiger partial charge in [0.15, 0.2) is 5.69 Å². The molecule has 2 N–H and O–H groups in total. The second kappa shape index (κ2) is 12.8. The predicted octanol–water partition coefficient (Wildman–Crippen LogP) is 3.38. The van der Waals surface area contributed by atoms with E-state index in [1.165, 1.54) is 16.7 Å². The average molecular weight is 487 g/mol. The normalized spacial score (nSPS) is 14.7. The standard InChI is InChI=1S/C21H23FN6O3.2C2H6/c1-13-19-24-17(20(30)23-11-14-3-5-15(22)6-4-14)18(29)21(31)28(19)10-9-27(13)12-16-7-8-26(2)25-16;2*1-2/h3-8,13,29H,9-12H2,1-2H3,(H,23,30);2*1-2H3. The predicted molar refractivity (Wildman–Crippen MR) is 132 cm³/mol. The third-order valence-electron chi connectivity index (χ3n) is 5.42. The van der Waals surface area contributed by atoms with Crippen molar-refractivity contribution in [3.63, 3.8) is 0 Å². The number of rotatable bonds is 5. The third kappa shape index (κ3) is 6.54. The van der Waals surface area contributed by atoms with Crippen LogP contribution in [0.1, 0.15) is 68.2 Å². The van der Waals surface area contributed by atoms with Gasteiger partial charge >= 0.3 is 0 Å². The first-order valence-corrected chi connectivity index (χ1v) is 11.9. The maximum Gasteiger partial charge on any atom is 0.296 e. The van der Waals surface area contributed by atoms with Crippen molar-refractivity contribution in [2.24, 2.45) is 7.05 Å². The zero-order chi connectivity index (χ0) is 26.1. The van der Waals surface area contributed by atoms with Gasteiger partial charge in [-0.3, -0.25) is 23.7 Å². The van der Waals surface area contributed by atoms with E-state index in [4.69, 9.17) is 0 Å². The largest absolute Gasteiger partial charge is 0.501 e. The number of aryl methyl sites for hydroxylation is 1. The number of fused-ring (bicyclic) bond motifs is 1. The monoisotopic (exact) mass is 486 g/mol. The van der Waals surface area contributed by atoms with Crippen LogP contribution >= 0.6 is 0 Å². The van der Waals surface area contributed by atoms with Crippen LogP contribution in [0.25, 0.3) is 0 Å². The topological polar surface area (TPSA) is 105 Å². The number of nitrogens with one attached hydrogen (secondary N) is 1. The minimum Gasteiger partial charge on any atom is -0.501 e. The molecule has 10 heteroatoms. The third-order valence-corrected chi connectivity index (χ3v) is 5.42. The molecule has 0 spiro atoms. The Morgan fingerprint density at radius 3 is 2.40 bits per heavy atom. The number of amides is 1. The molecule has 0 saturated heterocycles. The molecule has 9 nitrogen and oxygen atoms in total. The molecule has 0 fully saturated rings. The van der Waals surface area contributed by atoms with Crippen LogP contribution in [-0.4, -0.2) is 41.8 Å². The number of hydrogen-bond acceptors (Lipinski definition) is 6. The lowest BCUT2D eigenvalue weighted by molar-refractivity contribution is 0.0937. The molecule has 0 radical (unpaired) electrons. The maximum absolute atomic E-state index is 13.0. The fraction of sp³-hybridized carbons (Fsp3) is 0.440. The zero-order valence-corrected chi connectivity index (χ0v) is 21.2. The molecular formula is C25H35FN6O3. The van der Waals surface area contributed by atoms with Crippen molar-refractivity contribution < 1.29 is 14.3 Å². The van der Waals surface area contributed by atoms with Gasteiger partial charge in [0.25, 0.3) is 11.5 Å². The lowest BCUT2D eigenvalue weighted by Crippen LogP contribution is -2.43. The van der Waals surface area contributed by atoms with E-state index in [0.29, 0.717) is 31.0 Å². The fourth-order valence-electron chi connectivity index (χ4n) is 3.68. The summed E-state index contributed by atoms with van der Waals surface area (Å²) < 4.78 is 16.2. The summed E-state index contributed by atoms with van der Waals surface area (Å²) in [6.45, 7) is 11.5. The summed E-state index contributed by atoms with van der Waals surface area (Å²) in [4.78, 5) is 31.8.